The molecule has 0 aromatic carbocycles. The third-order valence-electron chi connectivity index (χ3n) is 4.38. The second-order valence-electron chi connectivity index (χ2n) is 6.01. The van der Waals surface area contributed by atoms with Crippen LogP contribution in [-0.2, 0) is 9.53 Å². The monoisotopic (exact) mass is 254 g/mol. The van der Waals surface area contributed by atoms with Crippen LogP contribution in [0.1, 0.15) is 32.1 Å². The molecule has 18 heavy (non-hydrogen) atoms. The number of carbonyl (C=O) groups is 1. The molecule has 1 saturated carbocycles. The van der Waals surface area contributed by atoms with Crippen molar-refractivity contribution in [3.63, 3.8) is 0 Å². The van der Waals surface area contributed by atoms with Crippen molar-refractivity contribution in [1.29, 1.82) is 0 Å². The Labute approximate surface area is 107 Å². The summed E-state index contributed by atoms with van der Waals surface area (Å²) < 4.78 is 6.04. The van der Waals surface area contributed by atoms with Crippen LogP contribution in [-0.4, -0.2) is 59.9 Å². The molecular formula is C13H22N2O3. The van der Waals surface area contributed by atoms with Gasteiger partial charge in [-0.15, -0.1) is 0 Å². The standard InChI is InChI=1S/C13H22N2O3/c16-12(17)8-15-5-3-13(4-6-15)7-11(9-18-13)14-10-1-2-10/h10-11,14H,1-9H2,(H,16,17). The van der Waals surface area contributed by atoms with Crippen molar-refractivity contribution in [3.8, 4) is 0 Å². The van der Waals surface area contributed by atoms with E-state index in [0.29, 0.717) is 6.04 Å². The van der Waals surface area contributed by atoms with Crippen molar-refractivity contribution in [2.45, 2.75) is 49.8 Å². The maximum atomic E-state index is 10.7. The van der Waals surface area contributed by atoms with Gasteiger partial charge in [0.25, 0.3) is 0 Å². The first-order chi connectivity index (χ1) is 8.65. The predicted molar refractivity (Wildman–Crippen MR) is 66.6 cm³/mol. The highest BCUT2D eigenvalue weighted by molar-refractivity contribution is 5.69. The van der Waals surface area contributed by atoms with Crippen LogP contribution in [0, 0.1) is 0 Å². The van der Waals surface area contributed by atoms with Gasteiger partial charge in [-0.2, -0.15) is 0 Å². The Morgan fingerprint density at radius 3 is 2.67 bits per heavy atom. The summed E-state index contributed by atoms with van der Waals surface area (Å²) in [5.41, 5.74) is 0.0293. The molecule has 1 atom stereocenters. The van der Waals surface area contributed by atoms with Gasteiger partial charge < -0.3 is 15.2 Å². The topological polar surface area (TPSA) is 61.8 Å². The largest absolute Gasteiger partial charge is 0.480 e. The molecule has 1 spiro atoms. The van der Waals surface area contributed by atoms with Crippen molar-refractivity contribution >= 4 is 5.97 Å². The van der Waals surface area contributed by atoms with Crippen LogP contribution < -0.4 is 5.32 Å². The molecule has 0 aromatic rings. The molecule has 5 heteroatoms. The van der Waals surface area contributed by atoms with Crippen LogP contribution >= 0.6 is 0 Å². The summed E-state index contributed by atoms with van der Waals surface area (Å²) in [6.07, 6.45) is 5.68. The number of hydrogen-bond acceptors (Lipinski definition) is 4. The molecule has 3 rings (SSSR count). The average molecular weight is 254 g/mol. The summed E-state index contributed by atoms with van der Waals surface area (Å²) in [6.45, 7) is 2.69. The van der Waals surface area contributed by atoms with E-state index in [2.05, 4.69) is 5.32 Å². The maximum Gasteiger partial charge on any atom is 0.317 e. The van der Waals surface area contributed by atoms with Crippen molar-refractivity contribution in [2.24, 2.45) is 0 Å². The lowest BCUT2D eigenvalue weighted by atomic mass is 9.87. The highest BCUT2D eigenvalue weighted by Crippen LogP contribution is 2.36. The minimum absolute atomic E-state index is 0.0293. The second-order valence-corrected chi connectivity index (χ2v) is 6.01. The highest BCUT2D eigenvalue weighted by atomic mass is 16.5. The fourth-order valence-corrected chi connectivity index (χ4v) is 3.19. The Morgan fingerprint density at radius 1 is 1.33 bits per heavy atom. The lowest BCUT2D eigenvalue weighted by Gasteiger charge is -2.38. The predicted octanol–water partition coefficient (Wildman–Crippen LogP) is 0.446. The molecule has 5 nitrogen and oxygen atoms in total. The number of nitrogens with one attached hydrogen (secondary N) is 1. The van der Waals surface area contributed by atoms with Crippen LogP contribution in [0.4, 0.5) is 0 Å². The summed E-state index contributed by atoms with van der Waals surface area (Å²) in [7, 11) is 0. The fraction of sp³-hybridized carbons (Fsp3) is 0.923. The van der Waals surface area contributed by atoms with Gasteiger partial charge in [-0.05, 0) is 32.1 Å². The SMILES string of the molecule is O=C(O)CN1CCC2(CC1)CC(NC1CC1)CO2. The van der Waals surface area contributed by atoms with E-state index in [9.17, 15) is 4.79 Å². The minimum atomic E-state index is -0.730. The number of carboxylic acids is 1. The van der Waals surface area contributed by atoms with Crippen LogP contribution in [0.2, 0.25) is 0 Å². The number of aliphatic carboxylic acids is 1. The smallest absolute Gasteiger partial charge is 0.317 e. The number of carboxylic acid groups (broad SMARTS) is 1. The van der Waals surface area contributed by atoms with Crippen LogP contribution in [0.3, 0.4) is 0 Å². The van der Waals surface area contributed by atoms with Crippen molar-refractivity contribution in [1.82, 2.24) is 10.2 Å². The fourth-order valence-electron chi connectivity index (χ4n) is 3.19. The van der Waals surface area contributed by atoms with Crippen molar-refractivity contribution < 1.29 is 14.6 Å². The molecule has 2 aliphatic heterocycles. The molecular weight excluding hydrogens is 232 g/mol. The molecule has 0 amide bonds. The number of likely N-dealkylation sites (tertiary alicyclic amines) is 1. The van der Waals surface area contributed by atoms with E-state index in [1.807, 2.05) is 4.90 Å². The zero-order valence-corrected chi connectivity index (χ0v) is 10.7. The van der Waals surface area contributed by atoms with E-state index in [1.54, 1.807) is 0 Å². The quantitative estimate of drug-likeness (QED) is 0.762. The van der Waals surface area contributed by atoms with E-state index in [4.69, 9.17) is 9.84 Å². The van der Waals surface area contributed by atoms with E-state index >= 15 is 0 Å². The number of nitrogens with zero attached hydrogens (tertiary/aromatic N) is 1. The lowest BCUT2D eigenvalue weighted by Crippen LogP contribution is -2.46. The van der Waals surface area contributed by atoms with Gasteiger partial charge in [0.2, 0.25) is 0 Å². The Kier molecular flexibility index (Phi) is 3.30. The molecule has 0 radical (unpaired) electrons. The summed E-state index contributed by atoms with van der Waals surface area (Å²) in [4.78, 5) is 12.7. The van der Waals surface area contributed by atoms with Crippen LogP contribution in [0.15, 0.2) is 0 Å². The molecule has 1 unspecified atom stereocenters. The first-order valence-electron chi connectivity index (χ1n) is 6.99. The molecule has 3 aliphatic rings. The van der Waals surface area contributed by atoms with Gasteiger partial charge in [0.1, 0.15) is 0 Å². The van der Waals surface area contributed by atoms with Gasteiger partial charge >= 0.3 is 5.97 Å². The summed E-state index contributed by atoms with van der Waals surface area (Å²) in [5, 5.41) is 12.4. The molecule has 2 N–H and O–H groups in total. The van der Waals surface area contributed by atoms with Gasteiger partial charge in [0.05, 0.1) is 18.8 Å². The number of hydrogen-bond donors (Lipinski definition) is 2. The van der Waals surface area contributed by atoms with Gasteiger partial charge in [0, 0.05) is 25.2 Å². The lowest BCUT2D eigenvalue weighted by molar-refractivity contribution is -0.139. The van der Waals surface area contributed by atoms with Crippen molar-refractivity contribution in [2.75, 3.05) is 26.2 Å². The molecule has 2 heterocycles. The molecule has 0 aromatic heterocycles. The van der Waals surface area contributed by atoms with E-state index in [1.165, 1.54) is 12.8 Å². The van der Waals surface area contributed by atoms with Gasteiger partial charge in [-0.3, -0.25) is 9.69 Å². The molecule has 1 aliphatic carbocycles. The zero-order valence-electron chi connectivity index (χ0n) is 10.7. The third-order valence-corrected chi connectivity index (χ3v) is 4.38. The number of ether oxygens (including phenoxy) is 1. The molecule has 0 bridgehead atoms. The Morgan fingerprint density at radius 2 is 2.06 bits per heavy atom. The van der Waals surface area contributed by atoms with Crippen molar-refractivity contribution in [3.05, 3.63) is 0 Å². The molecule has 102 valence electrons. The van der Waals surface area contributed by atoms with Crippen LogP contribution in [0.25, 0.3) is 0 Å². The number of piperidine rings is 1. The molecule has 2 saturated heterocycles. The van der Waals surface area contributed by atoms with E-state index < -0.39 is 5.97 Å². The maximum absolute atomic E-state index is 10.7. The minimum Gasteiger partial charge on any atom is -0.480 e. The van der Waals surface area contributed by atoms with Crippen LogP contribution in [0.5, 0.6) is 0 Å². The third kappa shape index (κ3) is 2.84. The second kappa shape index (κ2) is 4.79. The number of rotatable bonds is 4. The van der Waals surface area contributed by atoms with Gasteiger partial charge in [-0.25, -0.2) is 0 Å². The Bertz CT molecular complexity index is 322. The van der Waals surface area contributed by atoms with E-state index in [0.717, 1.165) is 45.0 Å². The summed E-state index contributed by atoms with van der Waals surface area (Å²) in [5.74, 6) is -0.730. The molecule has 3 fully saturated rings. The zero-order chi connectivity index (χ0) is 12.6. The van der Waals surface area contributed by atoms with E-state index in [-0.39, 0.29) is 12.1 Å². The van der Waals surface area contributed by atoms with Gasteiger partial charge in [0.15, 0.2) is 0 Å². The first kappa shape index (κ1) is 12.4. The summed E-state index contributed by atoms with van der Waals surface area (Å²) >= 11 is 0. The average Bonchev–Trinajstić information content (AvgIpc) is 3.05. The Balaban J connectivity index is 1.47. The Hall–Kier alpha value is -0.650. The normalized spacial score (nSPS) is 31.9. The summed E-state index contributed by atoms with van der Waals surface area (Å²) in [6, 6.07) is 1.25. The highest BCUT2D eigenvalue weighted by Gasteiger charge is 2.43. The van der Waals surface area contributed by atoms with Gasteiger partial charge in [-0.1, -0.05) is 0 Å². The first-order valence-corrected chi connectivity index (χ1v) is 6.99.